The molecular formula is C28H37ClN2Si. The molecule has 1 saturated heterocycles. The summed E-state index contributed by atoms with van der Waals surface area (Å²) in [5.74, 6) is 0. The molecule has 0 N–H and O–H groups in total. The third-order valence-corrected chi connectivity index (χ3v) is 10.5. The smallest absolute Gasteiger partial charge is 0.0534 e. The van der Waals surface area contributed by atoms with E-state index in [0.29, 0.717) is 0 Å². The minimum Gasteiger partial charge on any atom is -0.314 e. The second-order valence-electron chi connectivity index (χ2n) is 11.2. The molecule has 0 aliphatic carbocycles. The van der Waals surface area contributed by atoms with Crippen LogP contribution in [-0.4, -0.2) is 30.6 Å². The molecule has 32 heavy (non-hydrogen) atoms. The van der Waals surface area contributed by atoms with Crippen LogP contribution in [0.15, 0.2) is 54.6 Å². The van der Waals surface area contributed by atoms with Crippen LogP contribution >= 0.6 is 11.6 Å². The minimum atomic E-state index is -0.960. The van der Waals surface area contributed by atoms with E-state index in [-0.39, 0.29) is 5.41 Å². The Hall–Kier alpha value is -1.81. The molecule has 0 radical (unpaired) electrons. The zero-order chi connectivity index (χ0) is 23.1. The number of benzene rings is 2. The topological polar surface area (TPSA) is 8.17 Å². The molecule has 2 nitrogen and oxygen atoms in total. The van der Waals surface area contributed by atoms with Crippen LogP contribution in [0, 0.1) is 6.92 Å². The van der Waals surface area contributed by atoms with Gasteiger partial charge in [0.25, 0.3) is 0 Å². The molecule has 1 aliphatic heterocycles. The molecule has 170 valence electrons. The quantitative estimate of drug-likeness (QED) is 0.356. The molecule has 0 atom stereocenters. The maximum atomic E-state index is 6.19. The molecule has 0 spiro atoms. The van der Waals surface area contributed by atoms with E-state index in [9.17, 15) is 0 Å². The number of halogens is 1. The van der Waals surface area contributed by atoms with Crippen LogP contribution < -0.4 is 0 Å². The SMILES string of the molecule is Cc1c(CN2CC[Si](C)(C)CC2)cc(-c2ccc(Cl)cc2)n1-c1ccc(C(C)(C)C)cc1. The number of nitrogens with zero attached hydrogens (tertiary/aromatic N) is 2. The van der Waals surface area contributed by atoms with Crippen LogP contribution in [0.3, 0.4) is 0 Å². The van der Waals surface area contributed by atoms with Crippen LogP contribution in [0.2, 0.25) is 30.2 Å². The van der Waals surface area contributed by atoms with E-state index in [1.54, 1.807) is 0 Å². The van der Waals surface area contributed by atoms with Crippen LogP contribution in [0.4, 0.5) is 0 Å². The molecule has 1 fully saturated rings. The Morgan fingerprint density at radius 3 is 2.06 bits per heavy atom. The van der Waals surface area contributed by atoms with E-state index in [0.717, 1.165) is 11.6 Å². The molecule has 0 saturated carbocycles. The fourth-order valence-electron chi connectivity index (χ4n) is 4.65. The van der Waals surface area contributed by atoms with Gasteiger partial charge in [-0.3, -0.25) is 4.90 Å². The van der Waals surface area contributed by atoms with Gasteiger partial charge in [-0.25, -0.2) is 0 Å². The molecule has 1 aliphatic rings. The first-order chi connectivity index (χ1) is 15.0. The van der Waals surface area contributed by atoms with Crippen molar-refractivity contribution in [3.05, 3.63) is 76.4 Å². The molecule has 4 rings (SSSR count). The monoisotopic (exact) mass is 464 g/mol. The molecular weight excluding hydrogens is 428 g/mol. The van der Waals surface area contributed by atoms with E-state index in [1.807, 2.05) is 12.1 Å². The molecule has 2 heterocycles. The highest BCUT2D eigenvalue weighted by Gasteiger charge is 2.28. The van der Waals surface area contributed by atoms with Crippen molar-refractivity contribution in [3.63, 3.8) is 0 Å². The summed E-state index contributed by atoms with van der Waals surface area (Å²) in [5.41, 5.74) is 7.94. The summed E-state index contributed by atoms with van der Waals surface area (Å²) in [6.45, 7) is 17.6. The predicted octanol–water partition coefficient (Wildman–Crippen LogP) is 7.93. The third-order valence-electron chi connectivity index (χ3n) is 7.09. The van der Waals surface area contributed by atoms with Crippen molar-refractivity contribution >= 4 is 19.7 Å². The zero-order valence-electron chi connectivity index (χ0n) is 20.5. The van der Waals surface area contributed by atoms with Gasteiger partial charge in [-0.05, 0) is 84.5 Å². The molecule has 2 aromatic carbocycles. The number of hydrogen-bond donors (Lipinski definition) is 0. The number of hydrogen-bond acceptors (Lipinski definition) is 1. The predicted molar refractivity (Wildman–Crippen MR) is 142 cm³/mol. The number of rotatable bonds is 4. The van der Waals surface area contributed by atoms with E-state index < -0.39 is 8.07 Å². The van der Waals surface area contributed by atoms with E-state index in [2.05, 4.69) is 92.7 Å². The van der Waals surface area contributed by atoms with Gasteiger partial charge in [-0.1, -0.05) is 69.7 Å². The highest BCUT2D eigenvalue weighted by atomic mass is 35.5. The van der Waals surface area contributed by atoms with Gasteiger partial charge in [0.05, 0.1) is 5.69 Å². The van der Waals surface area contributed by atoms with Gasteiger partial charge in [-0.15, -0.1) is 0 Å². The first-order valence-corrected chi connectivity index (χ1v) is 15.6. The normalized spacial score (nSPS) is 17.0. The summed E-state index contributed by atoms with van der Waals surface area (Å²) < 4.78 is 2.42. The Bertz CT molecular complexity index is 1060. The van der Waals surface area contributed by atoms with Crippen molar-refractivity contribution in [3.8, 4) is 16.9 Å². The zero-order valence-corrected chi connectivity index (χ0v) is 22.3. The molecule has 0 bridgehead atoms. The third kappa shape index (κ3) is 5.06. The van der Waals surface area contributed by atoms with Crippen molar-refractivity contribution in [2.24, 2.45) is 0 Å². The standard InChI is InChI=1S/C28H37ClN2Si/c1-21-23(20-30-15-17-32(5,6)18-16-30)19-27(22-7-11-25(29)12-8-22)31(21)26-13-9-24(10-14-26)28(2,3)4/h7-14,19H,15-18,20H2,1-6H3. The van der Waals surface area contributed by atoms with Crippen molar-refractivity contribution < 1.29 is 0 Å². The maximum Gasteiger partial charge on any atom is 0.0534 e. The summed E-state index contributed by atoms with van der Waals surface area (Å²) in [4.78, 5) is 2.65. The lowest BCUT2D eigenvalue weighted by Crippen LogP contribution is -2.42. The summed E-state index contributed by atoms with van der Waals surface area (Å²) in [6, 6.07) is 22.6. The fourth-order valence-corrected chi connectivity index (χ4v) is 6.87. The Labute approximate surface area is 200 Å². The lowest BCUT2D eigenvalue weighted by atomic mass is 9.87. The van der Waals surface area contributed by atoms with Crippen LogP contribution in [-0.2, 0) is 12.0 Å². The summed E-state index contributed by atoms with van der Waals surface area (Å²) in [6.07, 6.45) is 0. The Balaban J connectivity index is 1.73. The van der Waals surface area contributed by atoms with E-state index in [1.165, 1.54) is 58.9 Å². The van der Waals surface area contributed by atoms with Gasteiger partial charge in [-0.2, -0.15) is 0 Å². The van der Waals surface area contributed by atoms with Crippen LogP contribution in [0.25, 0.3) is 16.9 Å². The second kappa shape index (κ2) is 8.85. The minimum absolute atomic E-state index is 0.153. The molecule has 3 aromatic rings. The molecule has 0 amide bonds. The van der Waals surface area contributed by atoms with Crippen LogP contribution in [0.1, 0.15) is 37.6 Å². The Morgan fingerprint density at radius 1 is 0.906 bits per heavy atom. The van der Waals surface area contributed by atoms with Gasteiger partial charge < -0.3 is 4.57 Å². The lowest BCUT2D eigenvalue weighted by Gasteiger charge is -2.35. The van der Waals surface area contributed by atoms with Gasteiger partial charge in [0.2, 0.25) is 0 Å². The van der Waals surface area contributed by atoms with Gasteiger partial charge in [0.15, 0.2) is 0 Å². The molecule has 1 aromatic heterocycles. The van der Waals surface area contributed by atoms with Crippen LogP contribution in [0.5, 0.6) is 0 Å². The second-order valence-corrected chi connectivity index (χ2v) is 17.0. The summed E-state index contributed by atoms with van der Waals surface area (Å²) in [5, 5.41) is 0.776. The Kier molecular flexibility index (Phi) is 6.46. The van der Waals surface area contributed by atoms with Crippen molar-refractivity contribution in [1.82, 2.24) is 9.47 Å². The average molecular weight is 465 g/mol. The average Bonchev–Trinajstić information content (AvgIpc) is 3.05. The summed E-state index contributed by atoms with van der Waals surface area (Å²) >= 11 is 6.19. The Morgan fingerprint density at radius 2 is 1.50 bits per heavy atom. The van der Waals surface area contributed by atoms with Crippen molar-refractivity contribution in [1.29, 1.82) is 0 Å². The highest BCUT2D eigenvalue weighted by Crippen LogP contribution is 2.33. The van der Waals surface area contributed by atoms with Crippen molar-refractivity contribution in [2.45, 2.75) is 64.8 Å². The maximum absolute atomic E-state index is 6.19. The lowest BCUT2D eigenvalue weighted by molar-refractivity contribution is 0.281. The largest absolute Gasteiger partial charge is 0.314 e. The molecule has 0 unspecified atom stereocenters. The first kappa shape index (κ1) is 23.3. The highest BCUT2D eigenvalue weighted by molar-refractivity contribution is 6.77. The summed E-state index contributed by atoms with van der Waals surface area (Å²) in [7, 11) is -0.960. The van der Waals surface area contributed by atoms with Gasteiger partial charge in [0.1, 0.15) is 0 Å². The molecule has 4 heteroatoms. The first-order valence-electron chi connectivity index (χ1n) is 11.8. The van der Waals surface area contributed by atoms with E-state index >= 15 is 0 Å². The number of aromatic nitrogens is 1. The van der Waals surface area contributed by atoms with Crippen molar-refractivity contribution in [2.75, 3.05) is 13.1 Å². The van der Waals surface area contributed by atoms with E-state index in [4.69, 9.17) is 11.6 Å². The fraction of sp³-hybridized carbons (Fsp3) is 0.429. The van der Waals surface area contributed by atoms with Gasteiger partial charge >= 0.3 is 0 Å². The van der Waals surface area contributed by atoms with Gasteiger partial charge in [0, 0.05) is 31.0 Å².